The lowest BCUT2D eigenvalue weighted by atomic mass is 9.81. The van der Waals surface area contributed by atoms with Crippen LogP contribution in [0, 0.1) is 11.8 Å². The normalized spacial score (nSPS) is 29.4. The third-order valence-corrected chi connectivity index (χ3v) is 5.66. The van der Waals surface area contributed by atoms with Crippen molar-refractivity contribution in [2.24, 2.45) is 11.8 Å². The van der Waals surface area contributed by atoms with Crippen molar-refractivity contribution in [1.82, 2.24) is 5.32 Å². The van der Waals surface area contributed by atoms with E-state index < -0.39 is 0 Å². The van der Waals surface area contributed by atoms with Crippen LogP contribution in [0.5, 0.6) is 0 Å². The van der Waals surface area contributed by atoms with Crippen LogP contribution in [0.25, 0.3) is 0 Å². The molecule has 0 amide bonds. The van der Waals surface area contributed by atoms with Gasteiger partial charge in [0.1, 0.15) is 0 Å². The zero-order valence-corrected chi connectivity index (χ0v) is 14.1. The molecule has 1 aromatic rings. The van der Waals surface area contributed by atoms with Crippen LogP contribution >= 0.6 is 15.9 Å². The van der Waals surface area contributed by atoms with Crippen molar-refractivity contribution in [3.8, 4) is 0 Å². The monoisotopic (exact) mass is 335 g/mol. The second-order valence-corrected chi connectivity index (χ2v) is 7.73. The lowest BCUT2D eigenvalue weighted by Gasteiger charge is -2.27. The van der Waals surface area contributed by atoms with Crippen LogP contribution in [0.2, 0.25) is 0 Å². The lowest BCUT2D eigenvalue weighted by molar-refractivity contribution is 0.265. The third kappa shape index (κ3) is 3.46. The molecule has 20 heavy (non-hydrogen) atoms. The molecular formula is C18H26BrN. The van der Waals surface area contributed by atoms with E-state index in [0.717, 1.165) is 11.8 Å². The van der Waals surface area contributed by atoms with Gasteiger partial charge in [-0.15, -0.1) is 0 Å². The SMILES string of the molecule is CC1CCCC(CCNC2CCc3cc(Br)ccc32)C1. The number of hydrogen-bond donors (Lipinski definition) is 1. The van der Waals surface area contributed by atoms with Gasteiger partial charge in [-0.25, -0.2) is 0 Å². The Kier molecular flexibility index (Phi) is 4.83. The van der Waals surface area contributed by atoms with Crippen LogP contribution < -0.4 is 5.32 Å². The van der Waals surface area contributed by atoms with Gasteiger partial charge in [-0.3, -0.25) is 0 Å². The molecule has 2 aliphatic rings. The molecular weight excluding hydrogens is 310 g/mol. The maximum atomic E-state index is 3.80. The van der Waals surface area contributed by atoms with Crippen LogP contribution in [-0.4, -0.2) is 6.54 Å². The summed E-state index contributed by atoms with van der Waals surface area (Å²) in [5.41, 5.74) is 3.06. The Morgan fingerprint density at radius 1 is 1.25 bits per heavy atom. The van der Waals surface area contributed by atoms with E-state index in [0.29, 0.717) is 6.04 Å². The van der Waals surface area contributed by atoms with Crippen LogP contribution in [0.1, 0.15) is 62.6 Å². The fourth-order valence-corrected chi connectivity index (χ4v) is 4.49. The third-order valence-electron chi connectivity index (χ3n) is 5.17. The zero-order valence-electron chi connectivity index (χ0n) is 12.5. The predicted molar refractivity (Wildman–Crippen MR) is 88.9 cm³/mol. The number of rotatable bonds is 4. The first kappa shape index (κ1) is 14.6. The van der Waals surface area contributed by atoms with Crippen LogP contribution in [0.15, 0.2) is 22.7 Å². The molecule has 1 fully saturated rings. The predicted octanol–water partition coefficient (Wildman–Crippen LogP) is 5.24. The summed E-state index contributed by atoms with van der Waals surface area (Å²) in [6, 6.07) is 7.37. The summed E-state index contributed by atoms with van der Waals surface area (Å²) in [5.74, 6) is 1.93. The van der Waals surface area contributed by atoms with Gasteiger partial charge < -0.3 is 5.32 Å². The first-order chi connectivity index (χ1) is 9.72. The van der Waals surface area contributed by atoms with Crippen molar-refractivity contribution in [1.29, 1.82) is 0 Å². The summed E-state index contributed by atoms with van der Waals surface area (Å²) >= 11 is 3.57. The molecule has 2 heteroatoms. The minimum absolute atomic E-state index is 0.596. The number of benzene rings is 1. The molecule has 1 nitrogen and oxygen atoms in total. The first-order valence-electron chi connectivity index (χ1n) is 8.24. The van der Waals surface area contributed by atoms with Gasteiger partial charge in [-0.1, -0.05) is 48.2 Å². The molecule has 0 bridgehead atoms. The van der Waals surface area contributed by atoms with E-state index in [9.17, 15) is 0 Å². The molecule has 1 N–H and O–H groups in total. The van der Waals surface area contributed by atoms with Gasteiger partial charge in [0.15, 0.2) is 0 Å². The van der Waals surface area contributed by atoms with E-state index in [1.807, 2.05) is 0 Å². The van der Waals surface area contributed by atoms with Crippen molar-refractivity contribution < 1.29 is 0 Å². The topological polar surface area (TPSA) is 12.0 Å². The minimum atomic E-state index is 0.596. The van der Waals surface area contributed by atoms with Crippen LogP contribution in [0.3, 0.4) is 0 Å². The van der Waals surface area contributed by atoms with E-state index in [2.05, 4.69) is 46.4 Å². The quantitative estimate of drug-likeness (QED) is 0.793. The molecule has 0 aromatic heterocycles. The molecule has 1 aromatic carbocycles. The van der Waals surface area contributed by atoms with E-state index >= 15 is 0 Å². The van der Waals surface area contributed by atoms with Gasteiger partial charge >= 0.3 is 0 Å². The summed E-state index contributed by atoms with van der Waals surface area (Å²) in [6.07, 6.45) is 9.68. The molecule has 0 aliphatic heterocycles. The number of hydrogen-bond acceptors (Lipinski definition) is 1. The summed E-state index contributed by atoms with van der Waals surface area (Å²) in [6.45, 7) is 3.61. The highest BCUT2D eigenvalue weighted by molar-refractivity contribution is 9.10. The van der Waals surface area contributed by atoms with Crippen molar-refractivity contribution in [3.63, 3.8) is 0 Å². The number of fused-ring (bicyclic) bond motifs is 1. The van der Waals surface area contributed by atoms with E-state index in [1.54, 1.807) is 0 Å². The Balaban J connectivity index is 1.48. The Labute approximate surface area is 131 Å². The van der Waals surface area contributed by atoms with Gasteiger partial charge in [0.05, 0.1) is 0 Å². The molecule has 1 saturated carbocycles. The fourth-order valence-electron chi connectivity index (χ4n) is 4.08. The maximum absolute atomic E-state index is 3.80. The molecule has 2 aliphatic carbocycles. The lowest BCUT2D eigenvalue weighted by Crippen LogP contribution is -2.24. The van der Waals surface area contributed by atoms with Crippen molar-refractivity contribution in [2.45, 2.75) is 57.9 Å². The molecule has 0 heterocycles. The fraction of sp³-hybridized carbons (Fsp3) is 0.667. The molecule has 3 rings (SSSR count). The van der Waals surface area contributed by atoms with Crippen molar-refractivity contribution in [2.75, 3.05) is 6.54 Å². The molecule has 0 radical (unpaired) electrons. The van der Waals surface area contributed by atoms with E-state index in [4.69, 9.17) is 0 Å². The van der Waals surface area contributed by atoms with E-state index in [1.165, 1.54) is 67.1 Å². The van der Waals surface area contributed by atoms with Crippen molar-refractivity contribution >= 4 is 15.9 Å². The second-order valence-electron chi connectivity index (χ2n) is 6.81. The highest BCUT2D eigenvalue weighted by Crippen LogP contribution is 2.34. The Morgan fingerprint density at radius 3 is 3.00 bits per heavy atom. The zero-order chi connectivity index (χ0) is 13.9. The Morgan fingerprint density at radius 2 is 2.15 bits per heavy atom. The van der Waals surface area contributed by atoms with Gasteiger partial charge in [-0.2, -0.15) is 0 Å². The maximum Gasteiger partial charge on any atom is 0.0326 e. The number of nitrogens with one attached hydrogen (secondary N) is 1. The van der Waals surface area contributed by atoms with Gasteiger partial charge in [-0.05, 0) is 67.3 Å². The number of aryl methyl sites for hydroxylation is 1. The highest BCUT2D eigenvalue weighted by atomic mass is 79.9. The summed E-state index contributed by atoms with van der Waals surface area (Å²) in [4.78, 5) is 0. The van der Waals surface area contributed by atoms with Crippen molar-refractivity contribution in [3.05, 3.63) is 33.8 Å². The van der Waals surface area contributed by atoms with Crippen LogP contribution in [0.4, 0.5) is 0 Å². The molecule has 0 spiro atoms. The summed E-state index contributed by atoms with van der Waals surface area (Å²) in [5, 5.41) is 3.80. The molecule has 3 atom stereocenters. The van der Waals surface area contributed by atoms with Gasteiger partial charge in [0.25, 0.3) is 0 Å². The Bertz CT molecular complexity index is 457. The van der Waals surface area contributed by atoms with Gasteiger partial charge in [0, 0.05) is 10.5 Å². The summed E-state index contributed by atoms with van der Waals surface area (Å²) in [7, 11) is 0. The standard InChI is InChI=1S/C18H26BrN/c1-13-3-2-4-14(11-13)9-10-20-18-8-5-15-12-16(19)6-7-17(15)18/h6-7,12-14,18,20H,2-5,8-11H2,1H3. The second kappa shape index (κ2) is 6.62. The first-order valence-corrected chi connectivity index (χ1v) is 9.03. The summed E-state index contributed by atoms with van der Waals surface area (Å²) < 4.78 is 1.22. The molecule has 110 valence electrons. The van der Waals surface area contributed by atoms with Gasteiger partial charge in [0.2, 0.25) is 0 Å². The molecule has 0 saturated heterocycles. The highest BCUT2D eigenvalue weighted by Gasteiger charge is 2.23. The molecule has 3 unspecified atom stereocenters. The largest absolute Gasteiger partial charge is 0.310 e. The minimum Gasteiger partial charge on any atom is -0.310 e. The average Bonchev–Trinajstić information content (AvgIpc) is 2.81. The smallest absolute Gasteiger partial charge is 0.0326 e. The number of halogens is 1. The average molecular weight is 336 g/mol. The van der Waals surface area contributed by atoms with Crippen LogP contribution in [-0.2, 0) is 6.42 Å². The van der Waals surface area contributed by atoms with E-state index in [-0.39, 0.29) is 0 Å². The Hall–Kier alpha value is -0.340.